The molecule has 1 rings (SSSR count). The lowest BCUT2D eigenvalue weighted by molar-refractivity contribution is 0.240. The number of hydrogen-bond donors (Lipinski definition) is 2. The summed E-state index contributed by atoms with van der Waals surface area (Å²) in [6, 6.07) is 3.09. The minimum Gasteiger partial charge on any atom is -0.395 e. The molecule has 2 N–H and O–H groups in total. The van der Waals surface area contributed by atoms with Gasteiger partial charge in [0.2, 0.25) is 10.0 Å². The first-order valence-corrected chi connectivity index (χ1v) is 7.64. The Bertz CT molecular complexity index is 529. The lowest BCUT2D eigenvalue weighted by Crippen LogP contribution is -2.38. The first-order chi connectivity index (χ1) is 8.76. The van der Waals surface area contributed by atoms with Gasteiger partial charge >= 0.3 is 0 Å². The minimum absolute atomic E-state index is 0.00797. The highest BCUT2D eigenvalue weighted by molar-refractivity contribution is 7.89. The van der Waals surface area contributed by atoms with Crippen molar-refractivity contribution in [2.75, 3.05) is 6.61 Å². The highest BCUT2D eigenvalue weighted by atomic mass is 32.2. The van der Waals surface area contributed by atoms with E-state index in [4.69, 9.17) is 0 Å². The van der Waals surface area contributed by atoms with E-state index in [9.17, 15) is 17.9 Å². The predicted molar refractivity (Wildman–Crippen MR) is 71.8 cm³/mol. The van der Waals surface area contributed by atoms with Gasteiger partial charge in [-0.25, -0.2) is 17.5 Å². The molecule has 0 saturated carbocycles. The van der Waals surface area contributed by atoms with Crippen LogP contribution in [0.3, 0.4) is 0 Å². The quantitative estimate of drug-likeness (QED) is 0.839. The van der Waals surface area contributed by atoms with Gasteiger partial charge in [0.05, 0.1) is 11.5 Å². The fraction of sp³-hybridized carbons (Fsp3) is 0.538. The number of aryl methyl sites for hydroxylation is 1. The van der Waals surface area contributed by atoms with E-state index in [1.165, 1.54) is 19.1 Å². The maximum absolute atomic E-state index is 13.1. The molecule has 0 radical (unpaired) electrons. The Morgan fingerprint density at radius 3 is 2.47 bits per heavy atom. The van der Waals surface area contributed by atoms with E-state index in [0.29, 0.717) is 6.42 Å². The molecule has 0 aliphatic rings. The van der Waals surface area contributed by atoms with E-state index in [2.05, 4.69) is 4.72 Å². The number of halogens is 1. The van der Waals surface area contributed by atoms with Crippen molar-refractivity contribution in [3.8, 4) is 0 Å². The lowest BCUT2D eigenvalue weighted by Gasteiger charge is -2.18. The summed E-state index contributed by atoms with van der Waals surface area (Å²) in [6.45, 7) is 5.13. The second-order valence-electron chi connectivity index (χ2n) is 5.04. The maximum atomic E-state index is 13.1. The SMILES string of the molecule is Cc1cc(S(=O)(=O)NC(CO)CC(C)C)ccc1F. The van der Waals surface area contributed by atoms with Crippen LogP contribution in [0, 0.1) is 18.7 Å². The topological polar surface area (TPSA) is 66.4 Å². The summed E-state index contributed by atoms with van der Waals surface area (Å²) in [5, 5.41) is 9.20. The summed E-state index contributed by atoms with van der Waals surface area (Å²) < 4.78 is 39.8. The van der Waals surface area contributed by atoms with E-state index in [-0.39, 0.29) is 23.0 Å². The first kappa shape index (κ1) is 16.1. The Kier molecular flexibility index (Phi) is 5.46. The molecule has 0 fully saturated rings. The monoisotopic (exact) mass is 289 g/mol. The van der Waals surface area contributed by atoms with E-state index < -0.39 is 21.9 Å². The number of sulfonamides is 1. The zero-order chi connectivity index (χ0) is 14.6. The van der Waals surface area contributed by atoms with E-state index in [0.717, 1.165) is 6.07 Å². The first-order valence-electron chi connectivity index (χ1n) is 6.15. The molecule has 0 heterocycles. The third kappa shape index (κ3) is 4.56. The molecular formula is C13H20FNO3S. The molecule has 0 bridgehead atoms. The summed E-state index contributed by atoms with van der Waals surface area (Å²) in [7, 11) is -3.73. The fourth-order valence-electron chi connectivity index (χ4n) is 1.80. The van der Waals surface area contributed by atoms with Crippen molar-refractivity contribution in [1.29, 1.82) is 0 Å². The molecule has 1 atom stereocenters. The average Bonchev–Trinajstić information content (AvgIpc) is 2.30. The van der Waals surface area contributed by atoms with E-state index in [1.807, 2.05) is 13.8 Å². The van der Waals surface area contributed by atoms with Gasteiger partial charge in [0.15, 0.2) is 0 Å². The van der Waals surface area contributed by atoms with E-state index in [1.54, 1.807) is 0 Å². The molecule has 19 heavy (non-hydrogen) atoms. The smallest absolute Gasteiger partial charge is 0.240 e. The number of hydrogen-bond acceptors (Lipinski definition) is 3. The molecule has 1 unspecified atom stereocenters. The van der Waals surface area contributed by atoms with Crippen LogP contribution in [0.15, 0.2) is 23.1 Å². The molecule has 6 heteroatoms. The summed E-state index contributed by atoms with van der Waals surface area (Å²) in [6.07, 6.45) is 0.538. The highest BCUT2D eigenvalue weighted by Crippen LogP contribution is 2.15. The van der Waals surface area contributed by atoms with Crippen LogP contribution in [0.2, 0.25) is 0 Å². The van der Waals surface area contributed by atoms with Gasteiger partial charge in [-0.1, -0.05) is 13.8 Å². The largest absolute Gasteiger partial charge is 0.395 e. The normalized spacial score (nSPS) is 13.8. The average molecular weight is 289 g/mol. The Hall–Kier alpha value is -0.980. The van der Waals surface area contributed by atoms with Gasteiger partial charge in [0.1, 0.15) is 5.82 Å². The van der Waals surface area contributed by atoms with Gasteiger partial charge in [0, 0.05) is 6.04 Å². The van der Waals surface area contributed by atoms with Crippen LogP contribution in [0.5, 0.6) is 0 Å². The van der Waals surface area contributed by atoms with Crippen LogP contribution in [0.1, 0.15) is 25.8 Å². The van der Waals surface area contributed by atoms with Crippen LogP contribution in [0.4, 0.5) is 4.39 Å². The summed E-state index contributed by atoms with van der Waals surface area (Å²) in [5.74, 6) is -0.186. The molecule has 0 aromatic heterocycles. The van der Waals surface area contributed by atoms with Crippen molar-refractivity contribution in [1.82, 2.24) is 4.72 Å². The number of benzene rings is 1. The van der Waals surface area contributed by atoms with Crippen molar-refractivity contribution < 1.29 is 17.9 Å². The van der Waals surface area contributed by atoms with Gasteiger partial charge in [-0.2, -0.15) is 0 Å². The van der Waals surface area contributed by atoms with Crippen LogP contribution >= 0.6 is 0 Å². The van der Waals surface area contributed by atoms with Crippen molar-refractivity contribution in [2.45, 2.75) is 38.1 Å². The van der Waals surface area contributed by atoms with Gasteiger partial charge in [0.25, 0.3) is 0 Å². The third-order valence-corrected chi connectivity index (χ3v) is 4.26. The highest BCUT2D eigenvalue weighted by Gasteiger charge is 2.21. The molecule has 1 aromatic rings. The van der Waals surface area contributed by atoms with Crippen molar-refractivity contribution in [3.63, 3.8) is 0 Å². The summed E-state index contributed by atoms with van der Waals surface area (Å²) in [4.78, 5) is 0.00797. The molecule has 0 aliphatic carbocycles. The van der Waals surface area contributed by atoms with Crippen molar-refractivity contribution in [3.05, 3.63) is 29.6 Å². The van der Waals surface area contributed by atoms with Crippen molar-refractivity contribution in [2.24, 2.45) is 5.92 Å². The molecular weight excluding hydrogens is 269 g/mol. The molecule has 4 nitrogen and oxygen atoms in total. The third-order valence-electron chi connectivity index (χ3n) is 2.74. The van der Waals surface area contributed by atoms with Crippen molar-refractivity contribution >= 4 is 10.0 Å². The Morgan fingerprint density at radius 1 is 1.37 bits per heavy atom. The van der Waals surface area contributed by atoms with Gasteiger partial charge in [-0.05, 0) is 43.0 Å². The number of nitrogens with one attached hydrogen (secondary N) is 1. The predicted octanol–water partition coefficient (Wildman–Crippen LogP) is 1.82. The Morgan fingerprint density at radius 2 is 2.00 bits per heavy atom. The van der Waals surface area contributed by atoms with Gasteiger partial charge in [-0.15, -0.1) is 0 Å². The molecule has 1 aromatic carbocycles. The van der Waals surface area contributed by atoms with Crippen LogP contribution in [-0.4, -0.2) is 26.2 Å². The molecule has 0 aliphatic heterocycles. The molecule has 108 valence electrons. The van der Waals surface area contributed by atoms with Gasteiger partial charge < -0.3 is 5.11 Å². The number of rotatable bonds is 6. The molecule has 0 spiro atoms. The van der Waals surface area contributed by atoms with Crippen LogP contribution in [-0.2, 0) is 10.0 Å². The summed E-state index contributed by atoms with van der Waals surface area (Å²) >= 11 is 0. The zero-order valence-corrected chi connectivity index (χ0v) is 12.2. The maximum Gasteiger partial charge on any atom is 0.240 e. The Balaban J connectivity index is 2.93. The number of aliphatic hydroxyl groups is 1. The standard InChI is InChI=1S/C13H20FNO3S/c1-9(2)6-11(8-16)15-19(17,18)12-4-5-13(14)10(3)7-12/h4-5,7,9,11,15-16H,6,8H2,1-3H3. The van der Waals surface area contributed by atoms with Gasteiger partial charge in [-0.3, -0.25) is 0 Å². The Labute approximate surface area is 113 Å². The number of aliphatic hydroxyl groups excluding tert-OH is 1. The minimum atomic E-state index is -3.73. The molecule has 0 saturated heterocycles. The zero-order valence-electron chi connectivity index (χ0n) is 11.4. The van der Waals surface area contributed by atoms with Crippen LogP contribution in [0.25, 0.3) is 0 Å². The molecule has 0 amide bonds. The van der Waals surface area contributed by atoms with Crippen LogP contribution < -0.4 is 4.72 Å². The lowest BCUT2D eigenvalue weighted by atomic mass is 10.1. The summed E-state index contributed by atoms with van der Waals surface area (Å²) in [5.41, 5.74) is 0.271. The second-order valence-corrected chi connectivity index (χ2v) is 6.76. The second kappa shape index (κ2) is 6.45. The fourth-order valence-corrected chi connectivity index (χ4v) is 3.13. The van der Waals surface area contributed by atoms with E-state index >= 15 is 0 Å².